The van der Waals surface area contributed by atoms with E-state index in [9.17, 15) is 0 Å². The molecule has 0 amide bonds. The Morgan fingerprint density at radius 1 is 1.10 bits per heavy atom. The minimum atomic E-state index is -0.833. The van der Waals surface area contributed by atoms with Crippen molar-refractivity contribution < 1.29 is 24.2 Å². The number of aromatic nitrogens is 2. The molecule has 1 aromatic heterocycles. The van der Waals surface area contributed by atoms with Gasteiger partial charge in [0.05, 0.1) is 6.54 Å². The maximum absolute atomic E-state index is 9.00. The van der Waals surface area contributed by atoms with Crippen LogP contribution < -0.4 is 10.6 Å². The summed E-state index contributed by atoms with van der Waals surface area (Å²) < 4.78 is 5.52. The summed E-state index contributed by atoms with van der Waals surface area (Å²) in [5.41, 5.74) is 0. The van der Waals surface area contributed by atoms with Gasteiger partial charge in [-0.15, -0.1) is 5.10 Å². The van der Waals surface area contributed by atoms with Gasteiger partial charge >= 0.3 is 6.01 Å². The lowest BCUT2D eigenvalue weighted by atomic mass is 9.94. The predicted octanol–water partition coefficient (Wildman–Crippen LogP) is 2.04. The number of carbonyl (C=O) groups is 2. The zero-order valence-corrected chi connectivity index (χ0v) is 17.7. The summed E-state index contributed by atoms with van der Waals surface area (Å²) >= 11 is 0. The molecular formula is C19H35N5O5. The highest BCUT2D eigenvalue weighted by Gasteiger charge is 2.29. The summed E-state index contributed by atoms with van der Waals surface area (Å²) in [6, 6.07) is 1.39. The lowest BCUT2D eigenvalue weighted by Gasteiger charge is -2.31. The van der Waals surface area contributed by atoms with Crippen LogP contribution in [0.3, 0.4) is 0 Å². The fourth-order valence-electron chi connectivity index (χ4n) is 3.59. The van der Waals surface area contributed by atoms with Crippen molar-refractivity contribution in [3.05, 3.63) is 5.89 Å². The summed E-state index contributed by atoms with van der Waals surface area (Å²) in [6.07, 6.45) is 8.34. The second kappa shape index (κ2) is 13.9. The van der Waals surface area contributed by atoms with Crippen LogP contribution in [-0.4, -0.2) is 70.0 Å². The molecular weight excluding hydrogens is 378 g/mol. The van der Waals surface area contributed by atoms with E-state index in [1.165, 1.54) is 51.6 Å². The van der Waals surface area contributed by atoms with Crippen molar-refractivity contribution in [1.82, 2.24) is 20.4 Å². The van der Waals surface area contributed by atoms with Crippen LogP contribution in [0.2, 0.25) is 0 Å². The number of likely N-dealkylation sites (tertiary alicyclic amines) is 1. The topological polar surface area (TPSA) is 141 Å². The van der Waals surface area contributed by atoms with Crippen LogP contribution in [0.25, 0.3) is 0 Å². The number of rotatable bonds is 6. The summed E-state index contributed by atoms with van der Waals surface area (Å²) in [7, 11) is 1.87. The van der Waals surface area contributed by atoms with E-state index in [2.05, 4.69) is 25.7 Å². The molecule has 1 atom stereocenters. The molecule has 0 aromatic carbocycles. The number of carboxylic acids is 2. The van der Waals surface area contributed by atoms with Gasteiger partial charge < -0.3 is 30.2 Å². The van der Waals surface area contributed by atoms with E-state index in [1.807, 2.05) is 7.05 Å². The molecule has 3 rings (SSSR count). The minimum Gasteiger partial charge on any atom is -0.481 e. The second-order valence-corrected chi connectivity index (χ2v) is 7.39. The molecule has 1 aromatic rings. The molecule has 0 spiro atoms. The molecule has 10 nitrogen and oxygen atoms in total. The van der Waals surface area contributed by atoms with E-state index in [-0.39, 0.29) is 0 Å². The molecule has 1 unspecified atom stereocenters. The van der Waals surface area contributed by atoms with Crippen LogP contribution in [0.4, 0.5) is 6.01 Å². The maximum atomic E-state index is 9.00. The Morgan fingerprint density at radius 2 is 1.72 bits per heavy atom. The Kier molecular flexibility index (Phi) is 11.9. The van der Waals surface area contributed by atoms with Crippen LogP contribution in [0, 0.1) is 5.92 Å². The van der Waals surface area contributed by atoms with E-state index in [0.717, 1.165) is 26.4 Å². The SMILES string of the molecule is CC(=O)O.CC(=O)O.CNCc1nnc(NCC2CCN(C3CCCCC3)C2)o1. The van der Waals surface area contributed by atoms with Gasteiger partial charge in [-0.3, -0.25) is 9.59 Å². The van der Waals surface area contributed by atoms with Crippen molar-refractivity contribution in [2.45, 2.75) is 65.0 Å². The molecule has 1 saturated carbocycles. The third-order valence-electron chi connectivity index (χ3n) is 4.75. The van der Waals surface area contributed by atoms with Gasteiger partial charge in [0, 0.05) is 33.0 Å². The van der Waals surface area contributed by atoms with E-state index in [0.29, 0.717) is 24.4 Å². The molecule has 0 radical (unpaired) electrons. The lowest BCUT2D eigenvalue weighted by molar-refractivity contribution is -0.135. The van der Waals surface area contributed by atoms with Gasteiger partial charge in [-0.2, -0.15) is 0 Å². The zero-order chi connectivity index (χ0) is 21.6. The molecule has 0 bridgehead atoms. The van der Waals surface area contributed by atoms with Crippen molar-refractivity contribution >= 4 is 18.0 Å². The molecule has 1 aliphatic heterocycles. The monoisotopic (exact) mass is 413 g/mol. The number of nitrogens with zero attached hydrogens (tertiary/aromatic N) is 3. The van der Waals surface area contributed by atoms with Gasteiger partial charge in [0.15, 0.2) is 0 Å². The highest BCUT2D eigenvalue weighted by atomic mass is 16.4. The molecule has 1 saturated heterocycles. The van der Waals surface area contributed by atoms with Gasteiger partial charge in [0.1, 0.15) is 0 Å². The average molecular weight is 414 g/mol. The van der Waals surface area contributed by atoms with E-state index < -0.39 is 11.9 Å². The van der Waals surface area contributed by atoms with E-state index >= 15 is 0 Å². The highest BCUT2D eigenvalue weighted by Crippen LogP contribution is 2.27. The first-order valence-corrected chi connectivity index (χ1v) is 10.2. The number of carboxylic acid groups (broad SMARTS) is 2. The van der Waals surface area contributed by atoms with Gasteiger partial charge in [0.2, 0.25) is 5.89 Å². The Balaban J connectivity index is 0.000000452. The molecule has 10 heteroatoms. The van der Waals surface area contributed by atoms with Crippen LogP contribution in [0.5, 0.6) is 0 Å². The van der Waals surface area contributed by atoms with Crippen LogP contribution >= 0.6 is 0 Å². The Morgan fingerprint density at radius 3 is 2.31 bits per heavy atom. The van der Waals surface area contributed by atoms with Crippen molar-refractivity contribution in [2.75, 3.05) is 32.0 Å². The van der Waals surface area contributed by atoms with Gasteiger partial charge in [-0.1, -0.05) is 24.4 Å². The zero-order valence-electron chi connectivity index (χ0n) is 17.7. The lowest BCUT2D eigenvalue weighted by Crippen LogP contribution is -2.35. The van der Waals surface area contributed by atoms with Crippen molar-refractivity contribution in [3.8, 4) is 0 Å². The first-order valence-electron chi connectivity index (χ1n) is 10.2. The number of anilines is 1. The molecule has 2 aliphatic rings. The Bertz CT molecular complexity index is 584. The highest BCUT2D eigenvalue weighted by molar-refractivity contribution is 5.63. The molecule has 2 heterocycles. The molecule has 1 aliphatic carbocycles. The Labute approximate surface area is 172 Å². The normalized spacial score (nSPS) is 19.5. The fourth-order valence-corrected chi connectivity index (χ4v) is 3.59. The summed E-state index contributed by atoms with van der Waals surface area (Å²) in [5.74, 6) is -0.332. The summed E-state index contributed by atoms with van der Waals surface area (Å²) in [6.45, 7) is 6.19. The smallest absolute Gasteiger partial charge is 0.315 e. The van der Waals surface area contributed by atoms with Gasteiger partial charge in [-0.05, 0) is 38.8 Å². The number of hydrogen-bond acceptors (Lipinski definition) is 8. The first kappa shape index (κ1) is 24.8. The largest absolute Gasteiger partial charge is 0.481 e. The second-order valence-electron chi connectivity index (χ2n) is 7.39. The third-order valence-corrected chi connectivity index (χ3v) is 4.75. The van der Waals surface area contributed by atoms with Crippen molar-refractivity contribution in [3.63, 3.8) is 0 Å². The number of nitrogens with one attached hydrogen (secondary N) is 2. The summed E-state index contributed by atoms with van der Waals surface area (Å²) in [5, 5.41) is 29.1. The fraction of sp³-hybridized carbons (Fsp3) is 0.789. The number of aliphatic carboxylic acids is 2. The maximum Gasteiger partial charge on any atom is 0.315 e. The van der Waals surface area contributed by atoms with Crippen LogP contribution in [-0.2, 0) is 16.1 Å². The van der Waals surface area contributed by atoms with Crippen LogP contribution in [0.1, 0.15) is 58.3 Å². The molecule has 4 N–H and O–H groups in total. The standard InChI is InChI=1S/C15H27N5O.2C2H4O2/c1-16-10-14-18-19-15(21-14)17-9-12-7-8-20(11-12)13-5-3-2-4-6-13;2*1-2(3)4/h12-13,16H,2-11H2,1H3,(H,17,19);2*1H3,(H,3,4). The quantitative estimate of drug-likeness (QED) is 0.547. The molecule has 29 heavy (non-hydrogen) atoms. The van der Waals surface area contributed by atoms with E-state index in [1.54, 1.807) is 0 Å². The Hall–Kier alpha value is -2.20. The van der Waals surface area contributed by atoms with Crippen molar-refractivity contribution in [1.29, 1.82) is 0 Å². The third kappa shape index (κ3) is 11.4. The van der Waals surface area contributed by atoms with Gasteiger partial charge in [0.25, 0.3) is 11.9 Å². The van der Waals surface area contributed by atoms with Crippen molar-refractivity contribution in [2.24, 2.45) is 5.92 Å². The summed E-state index contributed by atoms with van der Waals surface area (Å²) in [4.78, 5) is 20.7. The van der Waals surface area contributed by atoms with Crippen LogP contribution in [0.15, 0.2) is 4.42 Å². The van der Waals surface area contributed by atoms with Gasteiger partial charge in [-0.25, -0.2) is 0 Å². The molecule has 2 fully saturated rings. The first-order chi connectivity index (χ1) is 13.8. The van der Waals surface area contributed by atoms with E-state index in [4.69, 9.17) is 24.2 Å². The predicted molar refractivity (Wildman–Crippen MR) is 109 cm³/mol. The minimum absolute atomic E-state index is 0.552. The molecule has 166 valence electrons. The number of hydrogen-bond donors (Lipinski definition) is 4. The average Bonchev–Trinajstić information content (AvgIpc) is 3.29.